The average molecular weight is 295 g/mol. The fourth-order valence-electron chi connectivity index (χ4n) is 3.00. The van der Waals surface area contributed by atoms with E-state index in [0.717, 1.165) is 44.2 Å². The Morgan fingerprint density at radius 3 is 2.55 bits per heavy atom. The highest BCUT2D eigenvalue weighted by atomic mass is 32.2. The zero-order chi connectivity index (χ0) is 14.4. The Balaban J connectivity index is 2.09. The highest BCUT2D eigenvalue weighted by molar-refractivity contribution is 7.91. The van der Waals surface area contributed by atoms with Crippen molar-refractivity contribution in [1.29, 1.82) is 0 Å². The first-order valence-corrected chi connectivity index (χ1v) is 9.34. The van der Waals surface area contributed by atoms with Gasteiger partial charge in [-0.05, 0) is 31.4 Å². The molecule has 112 valence electrons. The lowest BCUT2D eigenvalue weighted by Crippen LogP contribution is -2.46. The van der Waals surface area contributed by atoms with E-state index in [-0.39, 0.29) is 17.0 Å². The zero-order valence-corrected chi connectivity index (χ0v) is 13.0. The number of hydrogen-bond donors (Lipinski definition) is 1. The summed E-state index contributed by atoms with van der Waals surface area (Å²) in [7, 11) is -3.08. The molecular formula is C16H25NO2S. The molecule has 2 rings (SSSR count). The molecule has 0 saturated heterocycles. The number of rotatable bonds is 6. The maximum atomic E-state index is 12.7. The summed E-state index contributed by atoms with van der Waals surface area (Å²) in [5, 5.41) is 3.21. The van der Waals surface area contributed by atoms with E-state index >= 15 is 0 Å². The third kappa shape index (κ3) is 4.06. The summed E-state index contributed by atoms with van der Waals surface area (Å²) < 4.78 is 25.4. The van der Waals surface area contributed by atoms with Crippen LogP contribution in [0, 0.1) is 0 Å². The Hall–Kier alpha value is -0.870. The maximum Gasteiger partial charge on any atom is 0.158 e. The van der Waals surface area contributed by atoms with E-state index in [0.29, 0.717) is 0 Å². The highest BCUT2D eigenvalue weighted by Crippen LogP contribution is 2.26. The summed E-state index contributed by atoms with van der Waals surface area (Å²) in [6.07, 6.45) is 5.00. The first-order chi connectivity index (χ1) is 9.63. The standard InChI is InChI=1S/C16H25NO2S/c1-2-12-17-15-10-6-7-11-16(15)20(18,19)13-14-8-4-3-5-9-14/h3-5,8-9,15-17H,2,6-7,10-13H2,1H3. The predicted octanol–water partition coefficient (Wildman–Crippen LogP) is 2.91. The number of benzene rings is 1. The van der Waals surface area contributed by atoms with Gasteiger partial charge in [0, 0.05) is 6.04 Å². The summed E-state index contributed by atoms with van der Waals surface area (Å²) in [6.45, 7) is 3.02. The smallest absolute Gasteiger partial charge is 0.158 e. The molecule has 0 aromatic heterocycles. The van der Waals surface area contributed by atoms with E-state index in [1.54, 1.807) is 0 Å². The van der Waals surface area contributed by atoms with Gasteiger partial charge in [-0.1, -0.05) is 50.1 Å². The normalized spacial score (nSPS) is 23.6. The van der Waals surface area contributed by atoms with Gasteiger partial charge in [0.25, 0.3) is 0 Å². The molecule has 1 aliphatic rings. The first kappa shape index (κ1) is 15.5. The van der Waals surface area contributed by atoms with Crippen molar-refractivity contribution in [2.45, 2.75) is 56.1 Å². The van der Waals surface area contributed by atoms with Gasteiger partial charge < -0.3 is 5.32 Å². The lowest BCUT2D eigenvalue weighted by molar-refractivity contribution is 0.371. The third-order valence-electron chi connectivity index (χ3n) is 4.03. The number of hydrogen-bond acceptors (Lipinski definition) is 3. The molecule has 20 heavy (non-hydrogen) atoms. The van der Waals surface area contributed by atoms with Crippen molar-refractivity contribution >= 4 is 9.84 Å². The maximum absolute atomic E-state index is 12.7. The van der Waals surface area contributed by atoms with E-state index in [9.17, 15) is 8.42 Å². The van der Waals surface area contributed by atoms with Crippen molar-refractivity contribution in [3.8, 4) is 0 Å². The van der Waals surface area contributed by atoms with Gasteiger partial charge in [-0.3, -0.25) is 0 Å². The van der Waals surface area contributed by atoms with Crippen molar-refractivity contribution in [1.82, 2.24) is 5.32 Å². The summed E-state index contributed by atoms with van der Waals surface area (Å²) in [4.78, 5) is 0. The van der Waals surface area contributed by atoms with Crippen LogP contribution in [0.1, 0.15) is 44.6 Å². The van der Waals surface area contributed by atoms with E-state index in [1.807, 2.05) is 30.3 Å². The molecule has 0 radical (unpaired) electrons. The lowest BCUT2D eigenvalue weighted by Gasteiger charge is -2.32. The molecule has 0 aliphatic heterocycles. The van der Waals surface area contributed by atoms with Gasteiger partial charge in [0.1, 0.15) is 0 Å². The minimum Gasteiger partial charge on any atom is -0.313 e. The van der Waals surface area contributed by atoms with Crippen molar-refractivity contribution in [2.75, 3.05) is 6.54 Å². The minimum absolute atomic E-state index is 0.136. The molecule has 1 aliphatic carbocycles. The van der Waals surface area contributed by atoms with Crippen molar-refractivity contribution < 1.29 is 8.42 Å². The summed E-state index contributed by atoms with van der Waals surface area (Å²) in [5.74, 6) is 0.169. The average Bonchev–Trinajstić information content (AvgIpc) is 2.46. The van der Waals surface area contributed by atoms with Crippen LogP contribution in [-0.2, 0) is 15.6 Å². The lowest BCUT2D eigenvalue weighted by atomic mass is 9.95. The fraction of sp³-hybridized carbons (Fsp3) is 0.625. The molecule has 1 fully saturated rings. The molecule has 2 atom stereocenters. The number of sulfone groups is 1. The van der Waals surface area contributed by atoms with Gasteiger partial charge >= 0.3 is 0 Å². The molecule has 1 aromatic rings. The van der Waals surface area contributed by atoms with Gasteiger partial charge in [-0.25, -0.2) is 8.42 Å². The van der Waals surface area contributed by atoms with Gasteiger partial charge in [0.05, 0.1) is 11.0 Å². The van der Waals surface area contributed by atoms with E-state index < -0.39 is 9.84 Å². The zero-order valence-electron chi connectivity index (χ0n) is 12.2. The van der Waals surface area contributed by atoms with Crippen LogP contribution >= 0.6 is 0 Å². The summed E-state index contributed by atoms with van der Waals surface area (Å²) >= 11 is 0. The van der Waals surface area contributed by atoms with Crippen LogP contribution < -0.4 is 5.32 Å². The second-order valence-electron chi connectivity index (χ2n) is 5.68. The fourth-order valence-corrected chi connectivity index (χ4v) is 5.13. The van der Waals surface area contributed by atoms with E-state index in [4.69, 9.17) is 0 Å². The van der Waals surface area contributed by atoms with Crippen LogP contribution in [-0.4, -0.2) is 26.3 Å². The van der Waals surface area contributed by atoms with E-state index in [2.05, 4.69) is 12.2 Å². The molecule has 4 heteroatoms. The molecule has 2 unspecified atom stereocenters. The molecule has 0 spiro atoms. The number of nitrogens with one attached hydrogen (secondary N) is 1. The van der Waals surface area contributed by atoms with Crippen molar-refractivity contribution in [3.63, 3.8) is 0 Å². The predicted molar refractivity (Wildman–Crippen MR) is 83.4 cm³/mol. The Kier molecular flexibility index (Phi) is 5.61. The van der Waals surface area contributed by atoms with Gasteiger partial charge in [-0.2, -0.15) is 0 Å². The second-order valence-corrected chi connectivity index (χ2v) is 7.90. The molecule has 1 aromatic carbocycles. The van der Waals surface area contributed by atoms with Crippen LogP contribution in [0.4, 0.5) is 0 Å². The van der Waals surface area contributed by atoms with Gasteiger partial charge in [-0.15, -0.1) is 0 Å². The molecule has 1 saturated carbocycles. The van der Waals surface area contributed by atoms with E-state index in [1.165, 1.54) is 0 Å². The third-order valence-corrected chi connectivity index (χ3v) is 6.25. The molecule has 1 N–H and O–H groups in total. The van der Waals surface area contributed by atoms with Crippen LogP contribution in [0.15, 0.2) is 30.3 Å². The Morgan fingerprint density at radius 2 is 1.85 bits per heavy atom. The van der Waals surface area contributed by atoms with Gasteiger partial charge in [0.2, 0.25) is 0 Å². The topological polar surface area (TPSA) is 46.2 Å². The SMILES string of the molecule is CCCNC1CCCCC1S(=O)(=O)Cc1ccccc1. The van der Waals surface area contributed by atoms with Gasteiger partial charge in [0.15, 0.2) is 9.84 Å². The second kappa shape index (κ2) is 7.23. The van der Waals surface area contributed by atoms with Crippen LogP contribution in [0.3, 0.4) is 0 Å². The van der Waals surface area contributed by atoms with Crippen molar-refractivity contribution in [3.05, 3.63) is 35.9 Å². The van der Waals surface area contributed by atoms with Crippen molar-refractivity contribution in [2.24, 2.45) is 0 Å². The molecular weight excluding hydrogens is 270 g/mol. The summed E-state index contributed by atoms with van der Waals surface area (Å²) in [5.41, 5.74) is 0.896. The Morgan fingerprint density at radius 1 is 1.15 bits per heavy atom. The quantitative estimate of drug-likeness (QED) is 0.877. The molecule has 3 nitrogen and oxygen atoms in total. The Bertz CT molecular complexity index is 498. The van der Waals surface area contributed by atoms with Crippen LogP contribution in [0.2, 0.25) is 0 Å². The first-order valence-electron chi connectivity index (χ1n) is 7.62. The molecule has 0 amide bonds. The van der Waals surface area contributed by atoms with Crippen LogP contribution in [0.5, 0.6) is 0 Å². The largest absolute Gasteiger partial charge is 0.313 e. The summed E-state index contributed by atoms with van der Waals surface area (Å²) in [6, 6.07) is 9.65. The monoisotopic (exact) mass is 295 g/mol. The minimum atomic E-state index is -3.08. The molecule has 0 heterocycles. The Labute approximate surface area is 122 Å². The molecule has 0 bridgehead atoms. The highest BCUT2D eigenvalue weighted by Gasteiger charge is 2.34. The van der Waals surface area contributed by atoms with Crippen LogP contribution in [0.25, 0.3) is 0 Å².